The highest BCUT2D eigenvalue weighted by atomic mass is 19.4. The lowest BCUT2D eigenvalue weighted by Crippen LogP contribution is -2.60. The van der Waals surface area contributed by atoms with Gasteiger partial charge in [-0.25, -0.2) is 4.39 Å². The number of likely N-dealkylation sites (tertiary alicyclic amines) is 1. The van der Waals surface area contributed by atoms with Crippen molar-refractivity contribution in [1.82, 2.24) is 15.1 Å². The van der Waals surface area contributed by atoms with Crippen molar-refractivity contribution in [2.45, 2.75) is 63.0 Å². The lowest BCUT2D eigenvalue weighted by atomic mass is 9.60. The Morgan fingerprint density at radius 2 is 1.74 bits per heavy atom. The first-order valence-electron chi connectivity index (χ1n) is 14.1. The summed E-state index contributed by atoms with van der Waals surface area (Å²) in [5, 5.41) is 14.6. The summed E-state index contributed by atoms with van der Waals surface area (Å²) in [4.78, 5) is 40.6. The van der Waals surface area contributed by atoms with Gasteiger partial charge in [0.1, 0.15) is 17.5 Å². The van der Waals surface area contributed by atoms with Crippen molar-refractivity contribution in [2.24, 2.45) is 5.41 Å². The molecule has 4 heterocycles. The maximum absolute atomic E-state index is 16.4. The molecule has 0 aromatic heterocycles. The Morgan fingerprint density at radius 3 is 2.40 bits per heavy atom. The molecule has 2 aromatic carbocycles. The van der Waals surface area contributed by atoms with E-state index < -0.39 is 52.3 Å². The van der Waals surface area contributed by atoms with Crippen molar-refractivity contribution in [2.75, 3.05) is 26.3 Å². The zero-order valence-electron chi connectivity index (χ0n) is 22.8. The van der Waals surface area contributed by atoms with Crippen LogP contribution in [0, 0.1) is 11.2 Å². The maximum atomic E-state index is 16.4. The molecule has 2 unspecified atom stereocenters. The fourth-order valence-corrected chi connectivity index (χ4v) is 7.09. The van der Waals surface area contributed by atoms with Gasteiger partial charge in [0.2, 0.25) is 11.8 Å². The number of piperidine rings is 2. The molecule has 12 heteroatoms. The third-order valence-corrected chi connectivity index (χ3v) is 9.43. The van der Waals surface area contributed by atoms with Crippen LogP contribution < -0.4 is 5.32 Å². The highest BCUT2D eigenvalue weighted by Gasteiger charge is 2.56. The normalized spacial score (nSPS) is 26.5. The molecule has 0 saturated carbocycles. The van der Waals surface area contributed by atoms with Crippen molar-refractivity contribution >= 4 is 17.7 Å². The van der Waals surface area contributed by atoms with Crippen molar-refractivity contribution < 1.29 is 41.8 Å². The Kier molecular flexibility index (Phi) is 7.14. The number of amides is 3. The Labute approximate surface area is 239 Å². The second-order valence-corrected chi connectivity index (χ2v) is 11.8. The predicted octanol–water partition coefficient (Wildman–Crippen LogP) is 3.50. The SMILES string of the molecule is O=C1CCC(N2Cc3c(ccc(C4(O)CCN(Cc5ccc(C(F)(F)F)cc5)CC45CCOCC5)c3F)C2=O)C(=O)N1. The summed E-state index contributed by atoms with van der Waals surface area (Å²) >= 11 is 0. The largest absolute Gasteiger partial charge is 0.416 e. The van der Waals surface area contributed by atoms with E-state index >= 15 is 4.39 Å². The first-order valence-corrected chi connectivity index (χ1v) is 14.1. The number of carbonyl (C=O) groups is 3. The third-order valence-electron chi connectivity index (χ3n) is 9.43. The average Bonchev–Trinajstić information content (AvgIpc) is 3.28. The maximum Gasteiger partial charge on any atom is 0.416 e. The molecule has 2 N–H and O–H groups in total. The van der Waals surface area contributed by atoms with E-state index in [0.29, 0.717) is 51.3 Å². The standard InChI is InChI=1S/C30H31F4N3O5/c31-25-21-16-37(23-7-8-24(38)35-26(23)39)27(40)20(21)5-6-22(25)29(41)9-12-36(17-28(29)10-13-42-14-11-28)15-18-1-3-19(4-2-18)30(32,33)34/h1-6,23,41H,7-17H2,(H,35,38,39). The molecule has 1 spiro atoms. The van der Waals surface area contributed by atoms with Gasteiger partial charge >= 0.3 is 6.18 Å². The molecule has 224 valence electrons. The molecule has 2 aromatic rings. The lowest BCUT2D eigenvalue weighted by Gasteiger charge is -2.55. The number of ether oxygens (including phenoxy) is 1. The van der Waals surface area contributed by atoms with E-state index in [1.165, 1.54) is 29.2 Å². The first kappa shape index (κ1) is 28.8. The second-order valence-electron chi connectivity index (χ2n) is 11.8. The lowest BCUT2D eigenvalue weighted by molar-refractivity contribution is -0.181. The van der Waals surface area contributed by atoms with Crippen molar-refractivity contribution in [3.8, 4) is 0 Å². The van der Waals surface area contributed by atoms with Gasteiger partial charge in [-0.2, -0.15) is 13.2 Å². The average molecular weight is 590 g/mol. The molecule has 8 nitrogen and oxygen atoms in total. The van der Waals surface area contributed by atoms with Crippen LogP contribution in [0.5, 0.6) is 0 Å². The highest BCUT2D eigenvalue weighted by Crippen LogP contribution is 2.53. The smallest absolute Gasteiger partial charge is 0.384 e. The molecule has 3 saturated heterocycles. The summed E-state index contributed by atoms with van der Waals surface area (Å²) in [5.41, 5.74) is -2.06. The summed E-state index contributed by atoms with van der Waals surface area (Å²) in [6, 6.07) is 7.09. The summed E-state index contributed by atoms with van der Waals surface area (Å²) in [6.45, 7) is 1.71. The molecular formula is C30H31F4N3O5. The summed E-state index contributed by atoms with van der Waals surface area (Å²) in [5.74, 6) is -2.18. The fraction of sp³-hybridized carbons (Fsp3) is 0.500. The van der Waals surface area contributed by atoms with E-state index in [9.17, 15) is 32.7 Å². The highest BCUT2D eigenvalue weighted by molar-refractivity contribution is 6.05. The van der Waals surface area contributed by atoms with Crippen LogP contribution in [-0.4, -0.2) is 65.0 Å². The zero-order valence-corrected chi connectivity index (χ0v) is 22.8. The van der Waals surface area contributed by atoms with Gasteiger partial charge in [0.25, 0.3) is 5.91 Å². The quantitative estimate of drug-likeness (QED) is 0.419. The number of fused-ring (bicyclic) bond motifs is 1. The van der Waals surface area contributed by atoms with E-state index in [1.807, 2.05) is 0 Å². The zero-order chi connectivity index (χ0) is 29.9. The van der Waals surface area contributed by atoms with Gasteiger partial charge in [-0.3, -0.25) is 24.6 Å². The number of nitrogens with one attached hydrogen (secondary N) is 1. The second kappa shape index (κ2) is 10.4. The van der Waals surface area contributed by atoms with Crippen molar-refractivity contribution in [1.29, 1.82) is 0 Å². The van der Waals surface area contributed by atoms with Crippen LogP contribution in [0.25, 0.3) is 0 Å². The number of halogens is 4. The molecular weight excluding hydrogens is 558 g/mol. The van der Waals surface area contributed by atoms with Gasteiger partial charge in [0.15, 0.2) is 0 Å². The van der Waals surface area contributed by atoms with Gasteiger partial charge in [-0.05, 0) is 49.4 Å². The van der Waals surface area contributed by atoms with Crippen LogP contribution in [-0.2, 0) is 39.2 Å². The van der Waals surface area contributed by atoms with E-state index in [2.05, 4.69) is 10.2 Å². The molecule has 0 aliphatic carbocycles. The molecule has 4 aliphatic heterocycles. The van der Waals surface area contributed by atoms with Gasteiger partial charge < -0.3 is 14.7 Å². The molecule has 0 bridgehead atoms. The van der Waals surface area contributed by atoms with Crippen LogP contribution in [0.4, 0.5) is 17.6 Å². The van der Waals surface area contributed by atoms with Crippen LogP contribution >= 0.6 is 0 Å². The summed E-state index contributed by atoms with van der Waals surface area (Å²) in [7, 11) is 0. The topological polar surface area (TPSA) is 99.2 Å². The van der Waals surface area contributed by atoms with Gasteiger partial charge in [-0.1, -0.05) is 18.2 Å². The van der Waals surface area contributed by atoms with E-state index in [0.717, 1.165) is 12.1 Å². The molecule has 3 amide bonds. The number of nitrogens with zero attached hydrogens (tertiary/aromatic N) is 2. The summed E-state index contributed by atoms with van der Waals surface area (Å²) in [6.07, 6.45) is -3.11. The van der Waals surface area contributed by atoms with E-state index in [-0.39, 0.29) is 42.5 Å². The van der Waals surface area contributed by atoms with Gasteiger partial charge in [0.05, 0.1) is 12.1 Å². The number of rotatable bonds is 4. The predicted molar refractivity (Wildman–Crippen MR) is 140 cm³/mol. The molecule has 3 fully saturated rings. The molecule has 2 atom stereocenters. The fourth-order valence-electron chi connectivity index (χ4n) is 7.09. The number of carbonyl (C=O) groups excluding carboxylic acids is 3. The van der Waals surface area contributed by atoms with Crippen LogP contribution in [0.1, 0.15) is 64.7 Å². The third kappa shape index (κ3) is 4.79. The molecule has 6 rings (SSSR count). The van der Waals surface area contributed by atoms with Gasteiger partial charge in [0, 0.05) is 61.4 Å². The minimum Gasteiger partial charge on any atom is -0.384 e. The van der Waals surface area contributed by atoms with Crippen molar-refractivity contribution in [3.63, 3.8) is 0 Å². The Hall–Kier alpha value is -3.35. The first-order chi connectivity index (χ1) is 19.9. The number of alkyl halides is 3. The van der Waals surface area contributed by atoms with Crippen molar-refractivity contribution in [3.05, 3.63) is 70.0 Å². The van der Waals surface area contributed by atoms with Crippen LogP contribution in [0.2, 0.25) is 0 Å². The van der Waals surface area contributed by atoms with E-state index in [4.69, 9.17) is 4.74 Å². The Morgan fingerprint density at radius 1 is 1.02 bits per heavy atom. The summed E-state index contributed by atoms with van der Waals surface area (Å²) < 4.78 is 61.0. The van der Waals surface area contributed by atoms with Gasteiger partial charge in [-0.15, -0.1) is 0 Å². The number of aliphatic hydroxyl groups is 1. The monoisotopic (exact) mass is 589 g/mol. The molecule has 42 heavy (non-hydrogen) atoms. The van der Waals surface area contributed by atoms with Crippen LogP contribution in [0.3, 0.4) is 0 Å². The number of imide groups is 1. The molecule has 4 aliphatic rings. The number of hydrogen-bond donors (Lipinski definition) is 2. The minimum atomic E-state index is -4.42. The number of benzene rings is 2. The minimum absolute atomic E-state index is 0.0809. The Balaban J connectivity index is 1.27. The number of hydrogen-bond acceptors (Lipinski definition) is 6. The molecule has 0 radical (unpaired) electrons. The van der Waals surface area contributed by atoms with E-state index in [1.54, 1.807) is 0 Å². The van der Waals surface area contributed by atoms with Crippen LogP contribution in [0.15, 0.2) is 36.4 Å². The Bertz CT molecular complexity index is 1420.